The fourth-order valence-corrected chi connectivity index (χ4v) is 5.11. The van der Waals surface area contributed by atoms with Gasteiger partial charge in [-0.2, -0.15) is 0 Å². The number of cyclic esters (lactones) is 1. The first kappa shape index (κ1) is 37.0. The van der Waals surface area contributed by atoms with Crippen LogP contribution in [-0.4, -0.2) is 54.5 Å². The molecular weight excluding hydrogens is 558 g/mol. The summed E-state index contributed by atoms with van der Waals surface area (Å²) < 4.78 is 17.4. The van der Waals surface area contributed by atoms with Crippen molar-refractivity contribution in [1.29, 1.82) is 0 Å². The molecule has 2 rings (SSSR count). The van der Waals surface area contributed by atoms with E-state index in [0.717, 1.165) is 42.4 Å². The number of amides is 1. The zero-order valence-corrected chi connectivity index (χ0v) is 27.7. The molecule has 2 bridgehead atoms. The third-order valence-electron chi connectivity index (χ3n) is 7.95. The molecule has 2 aliphatic heterocycles. The van der Waals surface area contributed by atoms with Gasteiger partial charge in [0.05, 0.1) is 12.5 Å². The van der Waals surface area contributed by atoms with Gasteiger partial charge in [-0.3, -0.25) is 9.59 Å². The number of fused-ring (bicyclic) bond motifs is 3. The fourth-order valence-electron chi connectivity index (χ4n) is 5.11. The molecular formula is C36H53NO7. The van der Waals surface area contributed by atoms with Crippen molar-refractivity contribution in [2.24, 2.45) is 11.8 Å². The van der Waals surface area contributed by atoms with Gasteiger partial charge in [-0.25, -0.2) is 4.79 Å². The highest BCUT2D eigenvalue weighted by Gasteiger charge is 2.31. The van der Waals surface area contributed by atoms with Gasteiger partial charge in [0.15, 0.2) is 0 Å². The Balaban J connectivity index is 2.55. The molecule has 0 aromatic rings. The molecule has 8 nitrogen and oxygen atoms in total. The lowest BCUT2D eigenvalue weighted by molar-refractivity contribution is -0.152. The molecule has 8 heteroatoms. The number of nitrogens with one attached hydrogen (secondary N) is 1. The number of esters is 2. The lowest BCUT2D eigenvalue weighted by Crippen LogP contribution is -2.43. The summed E-state index contributed by atoms with van der Waals surface area (Å²) in [6.07, 6.45) is 12.6. The number of aliphatic hydroxyl groups excluding tert-OH is 1. The molecule has 0 aromatic heterocycles. The number of hydrogen-bond acceptors (Lipinski definition) is 7. The smallest absolute Gasteiger partial charge is 0.333 e. The number of carbonyl (C=O) groups is 3. The average Bonchev–Trinajstić information content (AvgIpc) is 2.94. The minimum Gasteiger partial charge on any atom is -0.457 e. The molecule has 244 valence electrons. The van der Waals surface area contributed by atoms with Gasteiger partial charge < -0.3 is 24.6 Å². The lowest BCUT2D eigenvalue weighted by Gasteiger charge is -2.26. The second-order valence-electron chi connectivity index (χ2n) is 12.5. The van der Waals surface area contributed by atoms with Gasteiger partial charge in [0.25, 0.3) is 5.91 Å². The molecule has 0 fully saturated rings. The Kier molecular flexibility index (Phi) is 15.6. The summed E-state index contributed by atoms with van der Waals surface area (Å²) in [5, 5.41) is 13.8. The summed E-state index contributed by atoms with van der Waals surface area (Å²) >= 11 is 0. The molecule has 0 saturated heterocycles. The minimum atomic E-state index is -1.48. The van der Waals surface area contributed by atoms with Crippen molar-refractivity contribution in [1.82, 2.24) is 5.32 Å². The zero-order valence-electron chi connectivity index (χ0n) is 27.7. The molecule has 5 atom stereocenters. The number of allylic oxidation sites excluding steroid dienone is 5. The van der Waals surface area contributed by atoms with Gasteiger partial charge in [-0.1, -0.05) is 69.6 Å². The largest absolute Gasteiger partial charge is 0.457 e. The Bertz CT molecular complexity index is 1170. The second kappa shape index (κ2) is 18.5. The number of aliphatic hydroxyl groups is 1. The number of ether oxygens (including phenoxy) is 3. The highest BCUT2D eigenvalue weighted by molar-refractivity contribution is 5.87. The van der Waals surface area contributed by atoms with Crippen LogP contribution < -0.4 is 5.32 Å². The Morgan fingerprint density at radius 1 is 1.05 bits per heavy atom. The fraction of sp³-hybridized carbons (Fsp3) is 0.583. The highest BCUT2D eigenvalue weighted by atomic mass is 16.5. The maximum absolute atomic E-state index is 13.2. The van der Waals surface area contributed by atoms with Crippen LogP contribution in [-0.2, 0) is 28.6 Å². The van der Waals surface area contributed by atoms with E-state index in [1.807, 2.05) is 45.9 Å². The topological polar surface area (TPSA) is 111 Å². The number of hydrogen-bond donors (Lipinski definition) is 2. The minimum absolute atomic E-state index is 0.0293. The highest BCUT2D eigenvalue weighted by Crippen LogP contribution is 2.23. The van der Waals surface area contributed by atoms with E-state index in [1.165, 1.54) is 6.08 Å². The van der Waals surface area contributed by atoms with E-state index in [9.17, 15) is 19.5 Å². The molecule has 2 aliphatic rings. The van der Waals surface area contributed by atoms with Crippen LogP contribution in [0.25, 0.3) is 0 Å². The van der Waals surface area contributed by atoms with Gasteiger partial charge in [0, 0.05) is 31.2 Å². The van der Waals surface area contributed by atoms with E-state index in [0.29, 0.717) is 30.5 Å². The van der Waals surface area contributed by atoms with E-state index in [-0.39, 0.29) is 18.4 Å². The number of carbonyl (C=O) groups excluding carboxylic acids is 3. The molecule has 0 saturated carbocycles. The first-order valence-electron chi connectivity index (χ1n) is 15.8. The van der Waals surface area contributed by atoms with Gasteiger partial charge in [-0.05, 0) is 75.7 Å². The molecule has 2 heterocycles. The van der Waals surface area contributed by atoms with Gasteiger partial charge >= 0.3 is 11.9 Å². The van der Waals surface area contributed by atoms with E-state index in [2.05, 4.69) is 11.9 Å². The lowest BCUT2D eigenvalue weighted by atomic mass is 9.95. The van der Waals surface area contributed by atoms with Crippen LogP contribution in [0.3, 0.4) is 0 Å². The van der Waals surface area contributed by atoms with Crippen LogP contribution in [0, 0.1) is 11.8 Å². The Morgan fingerprint density at radius 3 is 2.45 bits per heavy atom. The zero-order chi connectivity index (χ0) is 32.8. The van der Waals surface area contributed by atoms with Crippen molar-refractivity contribution < 1.29 is 33.7 Å². The van der Waals surface area contributed by atoms with E-state index in [1.54, 1.807) is 33.1 Å². The first-order chi connectivity index (χ1) is 20.8. The van der Waals surface area contributed by atoms with Gasteiger partial charge in [0.1, 0.15) is 18.3 Å². The predicted molar refractivity (Wildman–Crippen MR) is 173 cm³/mol. The third-order valence-corrected chi connectivity index (χ3v) is 7.95. The molecule has 44 heavy (non-hydrogen) atoms. The van der Waals surface area contributed by atoms with Crippen molar-refractivity contribution in [3.05, 3.63) is 71.0 Å². The van der Waals surface area contributed by atoms with Crippen molar-refractivity contribution in [3.63, 3.8) is 0 Å². The summed E-state index contributed by atoms with van der Waals surface area (Å²) in [6, 6.07) is 0. The predicted octanol–water partition coefficient (Wildman–Crippen LogP) is 6.58. The standard InChI is InChI=1S/C36H53NO7/c1-23(2)14-17-32-28(7)35(40)36(41)37-29-12-10-9-11-13-30(42-8)21-27(6)26(5)16-15-24(3)18-31(43-34(39)22-29)19-25(4)20-33(38)44-32/h14-17,19,22-23,28,30-32,35,40H,6,9-13,18,20-21H2,1-5,7-8H3,(H,37,41)/b17-14-,24-15+,25-19-,26-16+,29-22+. The summed E-state index contributed by atoms with van der Waals surface area (Å²) in [5.41, 5.74) is 4.09. The summed E-state index contributed by atoms with van der Waals surface area (Å²) in [6.45, 7) is 15.7. The van der Waals surface area contributed by atoms with Crippen molar-refractivity contribution in [2.45, 2.75) is 117 Å². The monoisotopic (exact) mass is 611 g/mol. The first-order valence-corrected chi connectivity index (χ1v) is 15.8. The van der Waals surface area contributed by atoms with Crippen LogP contribution in [0.1, 0.15) is 92.9 Å². The molecule has 5 unspecified atom stereocenters. The Labute approximate surface area is 264 Å². The van der Waals surface area contributed by atoms with Crippen LogP contribution in [0.15, 0.2) is 71.0 Å². The Hall–Kier alpha value is -3.23. The summed E-state index contributed by atoms with van der Waals surface area (Å²) in [4.78, 5) is 39.4. The molecule has 0 spiro atoms. The summed E-state index contributed by atoms with van der Waals surface area (Å²) in [5.74, 6) is -2.33. The molecule has 0 aromatic carbocycles. The van der Waals surface area contributed by atoms with E-state index < -0.39 is 42.1 Å². The quantitative estimate of drug-likeness (QED) is 0.274. The maximum atomic E-state index is 13.2. The Morgan fingerprint density at radius 2 is 1.77 bits per heavy atom. The van der Waals surface area contributed by atoms with Crippen LogP contribution >= 0.6 is 0 Å². The second-order valence-corrected chi connectivity index (χ2v) is 12.5. The molecule has 0 radical (unpaired) electrons. The van der Waals surface area contributed by atoms with Crippen LogP contribution in [0.5, 0.6) is 0 Å². The van der Waals surface area contributed by atoms with E-state index >= 15 is 0 Å². The van der Waals surface area contributed by atoms with Crippen molar-refractivity contribution >= 4 is 17.8 Å². The number of rotatable bonds is 3. The van der Waals surface area contributed by atoms with Gasteiger partial charge in [0.2, 0.25) is 0 Å². The SMILES string of the molecule is C=C1CC(OC)CCCCC/C2=C\C(=O)OC(/C=C(/C)CC(=O)OC(/C=C\C(C)C)C(C)C(O)C(=O)N2)C/C(C)=C/C=C/1C. The van der Waals surface area contributed by atoms with Crippen LogP contribution in [0.4, 0.5) is 0 Å². The van der Waals surface area contributed by atoms with Crippen molar-refractivity contribution in [3.8, 4) is 0 Å². The number of methoxy groups -OCH3 is 1. The van der Waals surface area contributed by atoms with Gasteiger partial charge in [-0.15, -0.1) is 0 Å². The molecule has 0 aliphatic carbocycles. The average molecular weight is 612 g/mol. The maximum Gasteiger partial charge on any atom is 0.333 e. The molecule has 1 amide bonds. The van der Waals surface area contributed by atoms with E-state index in [4.69, 9.17) is 14.2 Å². The molecule has 2 N–H and O–H groups in total. The van der Waals surface area contributed by atoms with Crippen molar-refractivity contribution in [2.75, 3.05) is 7.11 Å². The normalized spacial score (nSPS) is 32.8. The third kappa shape index (κ3) is 13.2. The summed E-state index contributed by atoms with van der Waals surface area (Å²) in [7, 11) is 1.72. The van der Waals surface area contributed by atoms with Crippen LogP contribution in [0.2, 0.25) is 0 Å².